The van der Waals surface area contributed by atoms with Crippen molar-refractivity contribution in [3.05, 3.63) is 64.0 Å². The van der Waals surface area contributed by atoms with E-state index in [0.29, 0.717) is 46.2 Å². The van der Waals surface area contributed by atoms with Gasteiger partial charge in [-0.1, -0.05) is 65.9 Å². The van der Waals surface area contributed by atoms with Crippen LogP contribution in [0.25, 0.3) is 6.08 Å². The van der Waals surface area contributed by atoms with E-state index in [-0.39, 0.29) is 5.91 Å². The van der Waals surface area contributed by atoms with Gasteiger partial charge in [0.25, 0.3) is 5.91 Å². The summed E-state index contributed by atoms with van der Waals surface area (Å²) >= 11 is 12.7. The second-order valence-corrected chi connectivity index (χ2v) is 8.03. The van der Waals surface area contributed by atoms with Gasteiger partial charge < -0.3 is 9.47 Å². The normalized spacial score (nSPS) is 15.4. The van der Waals surface area contributed by atoms with E-state index in [9.17, 15) is 4.79 Å². The fourth-order valence-corrected chi connectivity index (χ4v) is 4.20. The first-order valence-electron chi connectivity index (χ1n) is 8.94. The molecule has 0 bridgehead atoms. The van der Waals surface area contributed by atoms with E-state index in [1.54, 1.807) is 11.0 Å². The van der Waals surface area contributed by atoms with Gasteiger partial charge in [-0.05, 0) is 31.2 Å². The molecule has 1 heterocycles. The smallest absolute Gasteiger partial charge is 0.266 e. The Balaban J connectivity index is 1.57. The topological polar surface area (TPSA) is 38.8 Å². The molecule has 4 nitrogen and oxygen atoms in total. The van der Waals surface area contributed by atoms with E-state index >= 15 is 0 Å². The summed E-state index contributed by atoms with van der Waals surface area (Å²) in [6.07, 6.45) is 2.54. The lowest BCUT2D eigenvalue weighted by atomic mass is 10.2. The van der Waals surface area contributed by atoms with Gasteiger partial charge >= 0.3 is 0 Å². The van der Waals surface area contributed by atoms with Crippen LogP contribution >= 0.6 is 35.6 Å². The minimum atomic E-state index is -0.0551. The van der Waals surface area contributed by atoms with Crippen molar-refractivity contribution < 1.29 is 14.3 Å². The predicted octanol–water partition coefficient (Wildman–Crippen LogP) is 5.41. The molecule has 146 valence electrons. The molecule has 7 heteroatoms. The number of likely N-dealkylation sites (N-methyl/N-ethyl adjacent to an activating group) is 1. The molecule has 0 saturated carbocycles. The van der Waals surface area contributed by atoms with Gasteiger partial charge in [-0.25, -0.2) is 0 Å². The van der Waals surface area contributed by atoms with Gasteiger partial charge in [0, 0.05) is 18.5 Å². The summed E-state index contributed by atoms with van der Waals surface area (Å²) in [5.74, 6) is 1.34. The third-order valence-electron chi connectivity index (χ3n) is 4.04. The number of rotatable bonds is 8. The van der Waals surface area contributed by atoms with Crippen LogP contribution in [0.5, 0.6) is 11.5 Å². The van der Waals surface area contributed by atoms with Crippen molar-refractivity contribution in [1.82, 2.24) is 4.90 Å². The molecule has 2 aromatic carbocycles. The molecule has 3 rings (SSSR count). The molecule has 1 aliphatic heterocycles. The number of halogens is 1. The SMILES string of the molecule is CCN1C(=O)/C(=C\c2ccccc2OCCCOc2ccccc2Cl)SC1=S. The summed E-state index contributed by atoms with van der Waals surface area (Å²) < 4.78 is 12.2. The summed E-state index contributed by atoms with van der Waals surface area (Å²) in [6, 6.07) is 15.0. The molecule has 0 aliphatic carbocycles. The molecule has 28 heavy (non-hydrogen) atoms. The minimum Gasteiger partial charge on any atom is -0.493 e. The third kappa shape index (κ3) is 5.07. The molecule has 0 spiro atoms. The Labute approximate surface area is 179 Å². The van der Waals surface area contributed by atoms with E-state index < -0.39 is 0 Å². The van der Waals surface area contributed by atoms with Gasteiger partial charge in [-0.2, -0.15) is 0 Å². The molecule has 0 aromatic heterocycles. The maximum Gasteiger partial charge on any atom is 0.266 e. The highest BCUT2D eigenvalue weighted by Crippen LogP contribution is 2.34. The maximum absolute atomic E-state index is 12.4. The summed E-state index contributed by atoms with van der Waals surface area (Å²) in [7, 11) is 0. The molecule has 0 atom stereocenters. The van der Waals surface area contributed by atoms with E-state index in [1.165, 1.54) is 11.8 Å². The van der Waals surface area contributed by atoms with Crippen molar-refractivity contribution in [2.45, 2.75) is 13.3 Å². The largest absolute Gasteiger partial charge is 0.493 e. The number of thioether (sulfide) groups is 1. The van der Waals surface area contributed by atoms with Crippen molar-refractivity contribution in [3.8, 4) is 11.5 Å². The molecular formula is C21H20ClNO3S2. The summed E-state index contributed by atoms with van der Waals surface area (Å²) in [5.41, 5.74) is 0.853. The molecule has 0 N–H and O–H groups in total. The Kier molecular flexibility index (Phi) is 7.36. The zero-order chi connectivity index (χ0) is 19.9. The van der Waals surface area contributed by atoms with Gasteiger partial charge in [-0.3, -0.25) is 9.69 Å². The maximum atomic E-state index is 12.4. The predicted molar refractivity (Wildman–Crippen MR) is 119 cm³/mol. The van der Waals surface area contributed by atoms with Crippen LogP contribution in [-0.4, -0.2) is 34.9 Å². The van der Waals surface area contributed by atoms with Crippen molar-refractivity contribution in [2.75, 3.05) is 19.8 Å². The van der Waals surface area contributed by atoms with Crippen LogP contribution in [0.1, 0.15) is 18.9 Å². The number of nitrogens with zero attached hydrogens (tertiary/aromatic N) is 1. The average Bonchev–Trinajstić information content (AvgIpc) is 2.96. The summed E-state index contributed by atoms with van der Waals surface area (Å²) in [4.78, 5) is 14.6. The number of carbonyl (C=O) groups is 1. The van der Waals surface area contributed by atoms with Crippen molar-refractivity contribution in [1.29, 1.82) is 0 Å². The Morgan fingerprint density at radius 3 is 2.39 bits per heavy atom. The highest BCUT2D eigenvalue weighted by Gasteiger charge is 2.30. The lowest BCUT2D eigenvalue weighted by molar-refractivity contribution is -0.121. The Morgan fingerprint density at radius 2 is 1.71 bits per heavy atom. The first-order chi connectivity index (χ1) is 13.6. The van der Waals surface area contributed by atoms with Crippen LogP contribution in [0.2, 0.25) is 5.02 Å². The van der Waals surface area contributed by atoms with Crippen LogP contribution in [0.4, 0.5) is 0 Å². The van der Waals surface area contributed by atoms with Gasteiger partial charge in [0.05, 0.1) is 23.1 Å². The number of amides is 1. The lowest BCUT2D eigenvalue weighted by Gasteiger charge is -2.11. The zero-order valence-electron chi connectivity index (χ0n) is 15.4. The molecular weight excluding hydrogens is 414 g/mol. The number of benzene rings is 2. The molecule has 2 aromatic rings. The highest BCUT2D eigenvalue weighted by atomic mass is 35.5. The number of para-hydroxylation sites is 2. The Bertz CT molecular complexity index is 901. The van der Waals surface area contributed by atoms with Gasteiger partial charge in [0.15, 0.2) is 0 Å². The first kappa shape index (κ1) is 20.7. The van der Waals surface area contributed by atoms with Gasteiger partial charge in [0.2, 0.25) is 0 Å². The van der Waals surface area contributed by atoms with Crippen LogP contribution in [0, 0.1) is 0 Å². The summed E-state index contributed by atoms with van der Waals surface area (Å²) in [6.45, 7) is 3.48. The zero-order valence-corrected chi connectivity index (χ0v) is 17.8. The van der Waals surface area contributed by atoms with E-state index in [0.717, 1.165) is 11.3 Å². The van der Waals surface area contributed by atoms with Gasteiger partial charge in [-0.15, -0.1) is 0 Å². The third-order valence-corrected chi connectivity index (χ3v) is 5.73. The second kappa shape index (κ2) is 9.96. The van der Waals surface area contributed by atoms with Gasteiger partial charge in [0.1, 0.15) is 15.8 Å². The van der Waals surface area contributed by atoms with Crippen LogP contribution in [0.3, 0.4) is 0 Å². The minimum absolute atomic E-state index is 0.0551. The number of thiocarbonyl (C=S) groups is 1. The van der Waals surface area contributed by atoms with E-state index in [2.05, 4.69) is 0 Å². The number of hydrogen-bond donors (Lipinski definition) is 0. The van der Waals surface area contributed by atoms with Crippen molar-refractivity contribution in [3.63, 3.8) is 0 Å². The molecule has 1 aliphatic rings. The van der Waals surface area contributed by atoms with E-state index in [1.807, 2.05) is 55.5 Å². The molecule has 1 saturated heterocycles. The monoisotopic (exact) mass is 433 g/mol. The van der Waals surface area contributed by atoms with Crippen LogP contribution in [0.15, 0.2) is 53.4 Å². The molecule has 1 fully saturated rings. The highest BCUT2D eigenvalue weighted by molar-refractivity contribution is 8.26. The van der Waals surface area contributed by atoms with Crippen molar-refractivity contribution >= 4 is 51.9 Å². The Morgan fingerprint density at radius 1 is 1.07 bits per heavy atom. The molecule has 1 amide bonds. The lowest BCUT2D eigenvalue weighted by Crippen LogP contribution is -2.27. The van der Waals surface area contributed by atoms with E-state index in [4.69, 9.17) is 33.3 Å². The average molecular weight is 434 g/mol. The Hall–Kier alpha value is -2.02. The molecule has 0 unspecified atom stereocenters. The fraction of sp³-hybridized carbons (Fsp3) is 0.238. The fourth-order valence-electron chi connectivity index (χ4n) is 2.63. The first-order valence-corrected chi connectivity index (χ1v) is 10.5. The number of hydrogen-bond acceptors (Lipinski definition) is 5. The quantitative estimate of drug-likeness (QED) is 0.316. The number of carbonyl (C=O) groups excluding carboxylic acids is 1. The second-order valence-electron chi connectivity index (χ2n) is 5.94. The van der Waals surface area contributed by atoms with Crippen LogP contribution in [-0.2, 0) is 4.79 Å². The van der Waals surface area contributed by atoms with Crippen LogP contribution < -0.4 is 9.47 Å². The summed E-state index contributed by atoms with van der Waals surface area (Å²) in [5, 5.41) is 0.596. The van der Waals surface area contributed by atoms with Crippen molar-refractivity contribution in [2.24, 2.45) is 0 Å². The molecule has 0 radical (unpaired) electrons. The standard InChI is InChI=1S/C21H20ClNO3S2/c1-2-23-20(24)19(28-21(23)27)14-15-8-3-5-10-17(15)25-12-7-13-26-18-11-6-4-9-16(18)22/h3-6,8-11,14H,2,7,12-13H2,1H3/b19-14+. The number of ether oxygens (including phenoxy) is 2.